The van der Waals surface area contributed by atoms with Crippen LogP contribution in [0.2, 0.25) is 5.02 Å². The minimum Gasteiger partial charge on any atom is -0.455 e. The zero-order valence-electron chi connectivity index (χ0n) is 16.5. The van der Waals surface area contributed by atoms with Gasteiger partial charge in [0.25, 0.3) is 5.91 Å². The van der Waals surface area contributed by atoms with Gasteiger partial charge in [-0.1, -0.05) is 29.4 Å². The molecule has 0 aliphatic carbocycles. The molecule has 0 saturated heterocycles. The highest BCUT2D eigenvalue weighted by molar-refractivity contribution is 7.99. The maximum atomic E-state index is 12.6. The lowest BCUT2D eigenvalue weighted by Gasteiger charge is -2.09. The lowest BCUT2D eigenvalue weighted by atomic mass is 10.2. The van der Waals surface area contributed by atoms with Crippen LogP contribution in [-0.2, 0) is 20.5 Å². The monoisotopic (exact) mass is 484 g/mol. The number of aromatic nitrogens is 3. The summed E-state index contributed by atoms with van der Waals surface area (Å²) < 4.78 is 44.2. The molecule has 0 aliphatic heterocycles. The van der Waals surface area contributed by atoms with E-state index in [4.69, 9.17) is 16.3 Å². The number of nitrogens with one attached hydrogen (secondary N) is 1. The summed E-state index contributed by atoms with van der Waals surface area (Å²) in [5, 5.41) is 11.1. The predicted molar refractivity (Wildman–Crippen MR) is 113 cm³/mol. The fourth-order valence-electron chi connectivity index (χ4n) is 2.48. The van der Waals surface area contributed by atoms with Crippen molar-refractivity contribution in [1.82, 2.24) is 14.8 Å². The number of nitrogens with zero attached hydrogens (tertiary/aromatic N) is 3. The SMILES string of the molecule is Cc1ccc(-n2cnnc2SCC(=O)OCC(=O)Nc2ccc(C(F)(F)F)cc2)cc1Cl. The van der Waals surface area contributed by atoms with Gasteiger partial charge in [-0.3, -0.25) is 14.2 Å². The molecule has 0 fully saturated rings. The van der Waals surface area contributed by atoms with Gasteiger partial charge in [-0.25, -0.2) is 0 Å². The Kier molecular flexibility index (Phi) is 7.41. The number of amides is 1. The molecule has 0 spiro atoms. The van der Waals surface area contributed by atoms with Crippen molar-refractivity contribution >= 4 is 40.9 Å². The third-order valence-corrected chi connectivity index (χ3v) is 5.45. The maximum Gasteiger partial charge on any atom is 0.416 e. The van der Waals surface area contributed by atoms with Gasteiger partial charge in [0.1, 0.15) is 6.33 Å². The Labute approximate surface area is 189 Å². The average molecular weight is 485 g/mol. The minimum atomic E-state index is -4.47. The molecule has 0 unspecified atom stereocenters. The summed E-state index contributed by atoms with van der Waals surface area (Å²) in [6, 6.07) is 9.33. The Hall–Kier alpha value is -3.05. The van der Waals surface area contributed by atoms with Crippen LogP contribution in [0.3, 0.4) is 0 Å². The molecule has 1 aromatic heterocycles. The van der Waals surface area contributed by atoms with E-state index >= 15 is 0 Å². The first-order chi connectivity index (χ1) is 15.1. The van der Waals surface area contributed by atoms with E-state index < -0.39 is 30.2 Å². The molecule has 1 heterocycles. The standard InChI is InChI=1S/C20H16ClF3N4O3S/c1-12-2-7-15(8-16(12)21)28-11-25-27-19(28)32-10-18(30)31-9-17(29)26-14-5-3-13(4-6-14)20(22,23)24/h2-8,11H,9-10H2,1H3,(H,26,29). The Morgan fingerprint density at radius 1 is 1.19 bits per heavy atom. The lowest BCUT2D eigenvalue weighted by molar-refractivity contribution is -0.144. The van der Waals surface area contributed by atoms with E-state index in [1.165, 1.54) is 6.33 Å². The number of alkyl halides is 3. The van der Waals surface area contributed by atoms with E-state index in [0.29, 0.717) is 10.2 Å². The van der Waals surface area contributed by atoms with Crippen molar-refractivity contribution < 1.29 is 27.5 Å². The summed E-state index contributed by atoms with van der Waals surface area (Å²) in [4.78, 5) is 23.8. The first kappa shape index (κ1) is 23.6. The van der Waals surface area contributed by atoms with Gasteiger partial charge in [0.2, 0.25) is 0 Å². The first-order valence-corrected chi connectivity index (χ1v) is 10.4. The number of halogens is 4. The van der Waals surface area contributed by atoms with Crippen molar-refractivity contribution in [2.45, 2.75) is 18.3 Å². The smallest absolute Gasteiger partial charge is 0.416 e. The van der Waals surface area contributed by atoms with E-state index in [2.05, 4.69) is 15.5 Å². The first-order valence-electron chi connectivity index (χ1n) is 9.05. The van der Waals surface area contributed by atoms with Crippen molar-refractivity contribution in [3.05, 3.63) is 64.9 Å². The molecule has 2 aromatic carbocycles. The molecule has 0 saturated carbocycles. The number of ether oxygens (including phenoxy) is 1. The van der Waals surface area contributed by atoms with Crippen molar-refractivity contribution in [3.8, 4) is 5.69 Å². The molecule has 1 amide bonds. The number of thioether (sulfide) groups is 1. The van der Waals surface area contributed by atoms with Crippen molar-refractivity contribution in [1.29, 1.82) is 0 Å². The van der Waals surface area contributed by atoms with Crippen LogP contribution in [0.4, 0.5) is 18.9 Å². The molecule has 0 aliphatic rings. The third kappa shape index (κ3) is 6.24. The van der Waals surface area contributed by atoms with Gasteiger partial charge in [-0.05, 0) is 48.9 Å². The van der Waals surface area contributed by atoms with E-state index in [1.807, 2.05) is 19.1 Å². The van der Waals surface area contributed by atoms with Crippen molar-refractivity contribution in [3.63, 3.8) is 0 Å². The summed E-state index contributed by atoms with van der Waals surface area (Å²) in [5.74, 6) is -1.49. The van der Waals surface area contributed by atoms with Crippen LogP contribution in [-0.4, -0.2) is 39.0 Å². The van der Waals surface area contributed by atoms with Gasteiger partial charge in [0, 0.05) is 10.7 Å². The van der Waals surface area contributed by atoms with Crippen LogP contribution in [0.5, 0.6) is 0 Å². The predicted octanol–water partition coefficient (Wildman–Crippen LogP) is 4.52. The van der Waals surface area contributed by atoms with Crippen LogP contribution in [0, 0.1) is 6.92 Å². The van der Waals surface area contributed by atoms with Crippen molar-refractivity contribution in [2.75, 3.05) is 17.7 Å². The van der Waals surface area contributed by atoms with E-state index in [-0.39, 0.29) is 11.4 Å². The van der Waals surface area contributed by atoms with Crippen molar-refractivity contribution in [2.24, 2.45) is 0 Å². The number of benzene rings is 2. The van der Waals surface area contributed by atoms with E-state index in [0.717, 1.165) is 47.3 Å². The average Bonchev–Trinajstić information content (AvgIpc) is 3.21. The fourth-order valence-corrected chi connectivity index (χ4v) is 3.38. The lowest BCUT2D eigenvalue weighted by Crippen LogP contribution is -2.21. The molecule has 12 heteroatoms. The van der Waals surface area contributed by atoms with Gasteiger partial charge in [0.05, 0.1) is 17.0 Å². The quantitative estimate of drug-likeness (QED) is 0.392. The van der Waals surface area contributed by atoms with E-state index in [1.54, 1.807) is 10.6 Å². The van der Waals surface area contributed by atoms with Crippen LogP contribution in [0.15, 0.2) is 53.9 Å². The second-order valence-corrected chi connectivity index (χ2v) is 7.84. The molecule has 3 aromatic rings. The zero-order valence-corrected chi connectivity index (χ0v) is 18.1. The molecule has 32 heavy (non-hydrogen) atoms. The molecule has 1 N–H and O–H groups in total. The van der Waals surface area contributed by atoms with Gasteiger partial charge in [0.15, 0.2) is 11.8 Å². The van der Waals surface area contributed by atoms with Gasteiger partial charge in [-0.2, -0.15) is 13.2 Å². The number of carbonyl (C=O) groups excluding carboxylic acids is 2. The van der Waals surface area contributed by atoms with Crippen LogP contribution in [0.25, 0.3) is 5.69 Å². The Morgan fingerprint density at radius 3 is 2.56 bits per heavy atom. The molecular weight excluding hydrogens is 469 g/mol. The Balaban J connectivity index is 1.48. The highest BCUT2D eigenvalue weighted by atomic mass is 35.5. The fraction of sp³-hybridized carbons (Fsp3) is 0.200. The summed E-state index contributed by atoms with van der Waals surface area (Å²) >= 11 is 7.20. The number of hydrogen-bond donors (Lipinski definition) is 1. The van der Waals surface area contributed by atoms with Gasteiger partial charge < -0.3 is 10.1 Å². The van der Waals surface area contributed by atoms with Gasteiger partial charge >= 0.3 is 12.1 Å². The summed E-state index contributed by atoms with van der Waals surface area (Å²) in [6.45, 7) is 1.29. The van der Waals surface area contributed by atoms with Crippen LogP contribution >= 0.6 is 23.4 Å². The molecule has 3 rings (SSSR count). The topological polar surface area (TPSA) is 86.1 Å². The zero-order chi connectivity index (χ0) is 23.3. The second-order valence-electron chi connectivity index (χ2n) is 6.49. The summed E-state index contributed by atoms with van der Waals surface area (Å²) in [5.41, 5.74) is 0.950. The molecule has 0 bridgehead atoms. The minimum absolute atomic E-state index is 0.133. The highest BCUT2D eigenvalue weighted by Gasteiger charge is 2.30. The maximum absolute atomic E-state index is 12.6. The third-order valence-electron chi connectivity index (χ3n) is 4.13. The number of carbonyl (C=O) groups is 2. The number of anilines is 1. The molecule has 0 atom stereocenters. The van der Waals surface area contributed by atoms with Crippen LogP contribution < -0.4 is 5.32 Å². The Bertz CT molecular complexity index is 1120. The normalized spacial score (nSPS) is 11.3. The van der Waals surface area contributed by atoms with E-state index in [9.17, 15) is 22.8 Å². The summed E-state index contributed by atoms with van der Waals surface area (Å²) in [6.07, 6.45) is -2.99. The second kappa shape index (κ2) is 10.0. The molecule has 0 radical (unpaired) electrons. The highest BCUT2D eigenvalue weighted by Crippen LogP contribution is 2.29. The largest absolute Gasteiger partial charge is 0.455 e. The van der Waals surface area contributed by atoms with Crippen LogP contribution in [0.1, 0.15) is 11.1 Å². The molecular formula is C20H16ClF3N4O3S. The molecule has 168 valence electrons. The molecule has 7 nitrogen and oxygen atoms in total. The number of hydrogen-bond acceptors (Lipinski definition) is 6. The number of esters is 1. The number of aryl methyl sites for hydroxylation is 1. The van der Waals surface area contributed by atoms with Gasteiger partial charge in [-0.15, -0.1) is 10.2 Å². The Morgan fingerprint density at radius 2 is 1.91 bits per heavy atom. The number of rotatable bonds is 7. The summed E-state index contributed by atoms with van der Waals surface area (Å²) in [7, 11) is 0.